The molecule has 3 unspecified atom stereocenters. The van der Waals surface area contributed by atoms with E-state index in [2.05, 4.69) is 18.9 Å². The van der Waals surface area contributed by atoms with Crippen molar-refractivity contribution in [3.63, 3.8) is 0 Å². The quantitative estimate of drug-likeness (QED) is 0.688. The highest BCUT2D eigenvalue weighted by molar-refractivity contribution is 4.98. The summed E-state index contributed by atoms with van der Waals surface area (Å²) in [6.07, 6.45) is 6.24. The van der Waals surface area contributed by atoms with E-state index in [1.54, 1.807) is 0 Å². The van der Waals surface area contributed by atoms with Gasteiger partial charge in [-0.2, -0.15) is 0 Å². The summed E-state index contributed by atoms with van der Waals surface area (Å²) >= 11 is 0. The van der Waals surface area contributed by atoms with Crippen LogP contribution in [0.25, 0.3) is 0 Å². The third-order valence-corrected chi connectivity index (χ3v) is 4.31. The maximum Gasteiger partial charge on any atom is 0.0634 e. The molecule has 1 saturated carbocycles. The molecular weight excluding hydrogens is 198 g/mol. The van der Waals surface area contributed by atoms with E-state index < -0.39 is 0 Å². The molecule has 0 aromatic heterocycles. The van der Waals surface area contributed by atoms with Crippen molar-refractivity contribution in [2.45, 2.75) is 59.0 Å². The molecule has 3 atom stereocenters. The summed E-state index contributed by atoms with van der Waals surface area (Å²) in [6, 6.07) is 0. The maximum atomic E-state index is 10.3. The largest absolute Gasteiger partial charge is 0.392 e. The van der Waals surface area contributed by atoms with Crippen LogP contribution in [0, 0.1) is 11.3 Å². The molecule has 1 aliphatic carbocycles. The molecule has 1 saturated heterocycles. The topological polar surface area (TPSA) is 23.5 Å². The Morgan fingerprint density at radius 2 is 1.88 bits per heavy atom. The smallest absolute Gasteiger partial charge is 0.0634 e. The Hall–Kier alpha value is -0.0800. The summed E-state index contributed by atoms with van der Waals surface area (Å²) in [7, 11) is 2.20. The molecule has 2 rings (SSSR count). The predicted molar refractivity (Wildman–Crippen MR) is 69.5 cm³/mol. The molecule has 1 N–H and O–H groups in total. The number of hydrogen-bond donors (Lipinski definition) is 1. The molecule has 2 fully saturated rings. The summed E-state index contributed by atoms with van der Waals surface area (Å²) in [5, 5.41) is 10.3. The van der Waals surface area contributed by atoms with Gasteiger partial charge in [0.2, 0.25) is 0 Å². The first-order valence-electron chi connectivity index (χ1n) is 7.01. The number of rotatable bonds is 0. The van der Waals surface area contributed by atoms with Crippen LogP contribution in [0.3, 0.4) is 0 Å². The first-order valence-corrected chi connectivity index (χ1v) is 7.01. The van der Waals surface area contributed by atoms with Crippen molar-refractivity contribution in [3.05, 3.63) is 0 Å². The first-order chi connectivity index (χ1) is 7.64. The van der Waals surface area contributed by atoms with Crippen LogP contribution in [0.2, 0.25) is 0 Å². The molecule has 0 radical (unpaired) electrons. The van der Waals surface area contributed by atoms with Gasteiger partial charge < -0.3 is 10.0 Å². The second-order valence-corrected chi connectivity index (χ2v) is 5.52. The van der Waals surface area contributed by atoms with Crippen molar-refractivity contribution in [3.8, 4) is 0 Å². The molecule has 1 heterocycles. The van der Waals surface area contributed by atoms with E-state index in [1.165, 1.54) is 38.6 Å². The zero-order chi connectivity index (χ0) is 12.2. The van der Waals surface area contributed by atoms with Gasteiger partial charge in [-0.25, -0.2) is 0 Å². The minimum atomic E-state index is -0.0527. The molecule has 1 aliphatic heterocycles. The lowest BCUT2D eigenvalue weighted by molar-refractivity contribution is 0.00891. The summed E-state index contributed by atoms with van der Waals surface area (Å²) < 4.78 is 0. The van der Waals surface area contributed by atoms with Crippen LogP contribution in [0.4, 0.5) is 0 Å². The summed E-state index contributed by atoms with van der Waals surface area (Å²) in [6.45, 7) is 8.52. The fourth-order valence-electron chi connectivity index (χ4n) is 3.42. The summed E-state index contributed by atoms with van der Waals surface area (Å²) in [5.41, 5.74) is 0.241. The Kier molecular flexibility index (Phi) is 5.26. The van der Waals surface area contributed by atoms with Gasteiger partial charge in [0.1, 0.15) is 0 Å². The summed E-state index contributed by atoms with van der Waals surface area (Å²) in [4.78, 5) is 2.41. The van der Waals surface area contributed by atoms with Gasteiger partial charge >= 0.3 is 0 Å². The van der Waals surface area contributed by atoms with Crippen LogP contribution in [-0.4, -0.2) is 36.2 Å². The van der Waals surface area contributed by atoms with E-state index >= 15 is 0 Å². The Balaban J connectivity index is 0.000000606. The van der Waals surface area contributed by atoms with E-state index in [1.807, 2.05) is 13.8 Å². The average Bonchev–Trinajstić information content (AvgIpc) is 2.49. The lowest BCUT2D eigenvalue weighted by Crippen LogP contribution is -2.41. The SMILES string of the molecule is CC.CC1CCC2(CCCCN(C)C2)C1O. The Labute approximate surface area is 101 Å². The van der Waals surface area contributed by atoms with E-state index in [0.717, 1.165) is 6.54 Å². The minimum absolute atomic E-state index is 0.0527. The van der Waals surface area contributed by atoms with Gasteiger partial charge in [0.05, 0.1) is 6.10 Å². The normalized spacial score (nSPS) is 40.3. The van der Waals surface area contributed by atoms with Crippen molar-refractivity contribution in [2.75, 3.05) is 20.1 Å². The highest BCUT2D eigenvalue weighted by Gasteiger charge is 2.46. The third kappa shape index (κ3) is 2.78. The molecule has 0 aromatic carbocycles. The number of hydrogen-bond acceptors (Lipinski definition) is 2. The fraction of sp³-hybridized carbons (Fsp3) is 1.00. The first kappa shape index (κ1) is 14.0. The molecule has 0 bridgehead atoms. The van der Waals surface area contributed by atoms with Crippen molar-refractivity contribution in [1.29, 1.82) is 0 Å². The molecule has 1 spiro atoms. The van der Waals surface area contributed by atoms with E-state index in [4.69, 9.17) is 0 Å². The highest BCUT2D eigenvalue weighted by atomic mass is 16.3. The number of likely N-dealkylation sites (tertiary alicyclic amines) is 1. The fourth-order valence-corrected chi connectivity index (χ4v) is 3.42. The second kappa shape index (κ2) is 6.02. The molecule has 2 aliphatic rings. The maximum absolute atomic E-state index is 10.3. The predicted octanol–water partition coefficient (Wildman–Crippen LogP) is 2.91. The number of aliphatic hydroxyl groups is 1. The van der Waals surface area contributed by atoms with Gasteiger partial charge in [0, 0.05) is 12.0 Å². The Morgan fingerprint density at radius 3 is 2.44 bits per heavy atom. The molecule has 0 aromatic rings. The lowest BCUT2D eigenvalue weighted by atomic mass is 9.78. The highest BCUT2D eigenvalue weighted by Crippen LogP contribution is 2.46. The van der Waals surface area contributed by atoms with Crippen molar-refractivity contribution in [2.24, 2.45) is 11.3 Å². The van der Waals surface area contributed by atoms with Crippen molar-refractivity contribution < 1.29 is 5.11 Å². The molecule has 2 nitrogen and oxygen atoms in total. The van der Waals surface area contributed by atoms with Gasteiger partial charge in [0.25, 0.3) is 0 Å². The van der Waals surface area contributed by atoms with Crippen molar-refractivity contribution >= 4 is 0 Å². The van der Waals surface area contributed by atoms with Crippen LogP contribution in [0.1, 0.15) is 52.9 Å². The zero-order valence-electron chi connectivity index (χ0n) is 11.5. The molecule has 2 heteroatoms. The van der Waals surface area contributed by atoms with Crippen LogP contribution in [-0.2, 0) is 0 Å². The monoisotopic (exact) mass is 227 g/mol. The van der Waals surface area contributed by atoms with E-state index in [-0.39, 0.29) is 11.5 Å². The zero-order valence-corrected chi connectivity index (χ0v) is 11.5. The van der Waals surface area contributed by atoms with Gasteiger partial charge in [-0.15, -0.1) is 0 Å². The Morgan fingerprint density at radius 1 is 1.19 bits per heavy atom. The van der Waals surface area contributed by atoms with Crippen LogP contribution in [0.5, 0.6) is 0 Å². The van der Waals surface area contributed by atoms with Gasteiger partial charge in [-0.05, 0) is 45.2 Å². The number of aliphatic hydroxyl groups excluding tert-OH is 1. The second-order valence-electron chi connectivity index (χ2n) is 5.52. The van der Waals surface area contributed by atoms with Crippen LogP contribution >= 0.6 is 0 Å². The van der Waals surface area contributed by atoms with Gasteiger partial charge in [0.15, 0.2) is 0 Å². The van der Waals surface area contributed by atoms with Crippen molar-refractivity contribution in [1.82, 2.24) is 4.90 Å². The molecule has 16 heavy (non-hydrogen) atoms. The van der Waals surface area contributed by atoms with Crippen LogP contribution in [0.15, 0.2) is 0 Å². The molecule has 96 valence electrons. The van der Waals surface area contributed by atoms with Crippen LogP contribution < -0.4 is 0 Å². The average molecular weight is 227 g/mol. The standard InChI is InChI=1S/C12H23NO.C2H6/c1-10-5-7-12(11(10)14)6-3-4-8-13(2)9-12;1-2/h10-11,14H,3-9H2,1-2H3;1-2H3. The van der Waals surface area contributed by atoms with E-state index in [0.29, 0.717) is 5.92 Å². The molecular formula is C14H29NO. The minimum Gasteiger partial charge on any atom is -0.392 e. The third-order valence-electron chi connectivity index (χ3n) is 4.31. The number of nitrogens with zero attached hydrogens (tertiary/aromatic N) is 1. The Bertz CT molecular complexity index is 207. The lowest BCUT2D eigenvalue weighted by Gasteiger charge is -2.35. The van der Waals surface area contributed by atoms with Gasteiger partial charge in [-0.1, -0.05) is 27.2 Å². The van der Waals surface area contributed by atoms with E-state index in [9.17, 15) is 5.11 Å². The van der Waals surface area contributed by atoms with Gasteiger partial charge in [-0.3, -0.25) is 0 Å². The molecule has 0 amide bonds. The summed E-state index contributed by atoms with van der Waals surface area (Å²) in [5.74, 6) is 0.515.